The zero-order valence-electron chi connectivity index (χ0n) is 27.2. The van der Waals surface area contributed by atoms with Gasteiger partial charge in [0.05, 0.1) is 22.2 Å². The van der Waals surface area contributed by atoms with Gasteiger partial charge in [-0.2, -0.15) is 9.97 Å². The highest BCUT2D eigenvalue weighted by atomic mass is 15.2. The van der Waals surface area contributed by atoms with E-state index in [1.165, 1.54) is 44.0 Å². The third-order valence-electron chi connectivity index (χ3n) is 9.95. The van der Waals surface area contributed by atoms with Crippen molar-refractivity contribution in [3.63, 3.8) is 0 Å². The summed E-state index contributed by atoms with van der Waals surface area (Å²) in [5.74, 6) is 2.14. The van der Waals surface area contributed by atoms with Gasteiger partial charge in [-0.1, -0.05) is 133 Å². The minimum absolute atomic E-state index is 0.216. The summed E-state index contributed by atoms with van der Waals surface area (Å²) in [6.45, 7) is 0. The SMILES string of the molecule is C1=CC(c2cccc(-n3c4ccccc4c4ccccc43)c2)Cc2c1n(-c1nc(-c3ccccc3)nc(-c3ccccc3)n1)c1ccccc21. The number of para-hydroxylation sites is 3. The molecule has 3 heterocycles. The molecule has 5 heteroatoms. The molecule has 10 rings (SSSR count). The summed E-state index contributed by atoms with van der Waals surface area (Å²) in [6, 6.07) is 55.4. The Morgan fingerprint density at radius 3 is 1.64 bits per heavy atom. The van der Waals surface area contributed by atoms with Crippen molar-refractivity contribution in [3.8, 4) is 34.4 Å². The molecule has 0 N–H and O–H groups in total. The summed E-state index contributed by atoms with van der Waals surface area (Å²) in [7, 11) is 0. The molecule has 50 heavy (non-hydrogen) atoms. The standard InChI is InChI=1S/C45H31N5/c1-3-14-30(15-4-1)43-46-44(31-16-5-2-6-17-31)48-45(47-43)50-41-25-12-9-22-37(41)38-29-33(26-27-42(38)50)32-18-13-19-34(28-32)49-39-23-10-7-20-35(39)36-21-8-11-24-40(36)49/h1-28,33H,29H2. The van der Waals surface area contributed by atoms with Gasteiger partial charge >= 0.3 is 0 Å². The van der Waals surface area contributed by atoms with Gasteiger partial charge in [0, 0.05) is 38.9 Å². The number of aromatic nitrogens is 5. The van der Waals surface area contributed by atoms with Crippen LogP contribution in [0.1, 0.15) is 22.7 Å². The molecule has 0 fully saturated rings. The minimum atomic E-state index is 0.216. The molecule has 1 aliphatic carbocycles. The Labute approximate surface area is 289 Å². The highest BCUT2D eigenvalue weighted by Crippen LogP contribution is 2.39. The topological polar surface area (TPSA) is 48.5 Å². The second kappa shape index (κ2) is 11.5. The second-order valence-corrected chi connectivity index (χ2v) is 12.9. The van der Waals surface area contributed by atoms with E-state index < -0.39 is 0 Å². The largest absolute Gasteiger partial charge is 0.309 e. The monoisotopic (exact) mass is 641 g/mol. The number of fused-ring (bicyclic) bond motifs is 6. The molecule has 5 nitrogen and oxygen atoms in total. The lowest BCUT2D eigenvalue weighted by atomic mass is 9.86. The van der Waals surface area contributed by atoms with Crippen LogP contribution >= 0.6 is 0 Å². The van der Waals surface area contributed by atoms with Crippen LogP contribution in [0.2, 0.25) is 0 Å². The molecule has 236 valence electrons. The Morgan fingerprint density at radius 1 is 0.480 bits per heavy atom. The molecular formula is C45H31N5. The lowest BCUT2D eigenvalue weighted by Crippen LogP contribution is -2.11. The minimum Gasteiger partial charge on any atom is -0.309 e. The summed E-state index contributed by atoms with van der Waals surface area (Å²) in [5, 5.41) is 3.76. The number of nitrogens with zero attached hydrogens (tertiary/aromatic N) is 5. The van der Waals surface area contributed by atoms with Gasteiger partial charge in [0.15, 0.2) is 11.6 Å². The van der Waals surface area contributed by atoms with Crippen molar-refractivity contribution < 1.29 is 0 Å². The van der Waals surface area contributed by atoms with Crippen LogP contribution in [0.15, 0.2) is 164 Å². The molecule has 0 aliphatic heterocycles. The van der Waals surface area contributed by atoms with E-state index >= 15 is 0 Å². The zero-order chi connectivity index (χ0) is 33.0. The van der Waals surface area contributed by atoms with E-state index in [1.54, 1.807) is 0 Å². The van der Waals surface area contributed by atoms with Crippen LogP contribution in [0.25, 0.3) is 73.2 Å². The molecule has 0 amide bonds. The normalized spacial score (nSPS) is 14.0. The highest BCUT2D eigenvalue weighted by molar-refractivity contribution is 6.09. The van der Waals surface area contributed by atoms with E-state index in [4.69, 9.17) is 15.0 Å². The van der Waals surface area contributed by atoms with Gasteiger partial charge in [0.1, 0.15) is 0 Å². The molecule has 1 unspecified atom stereocenters. The molecule has 3 aromatic heterocycles. The van der Waals surface area contributed by atoms with Gasteiger partial charge in [-0.25, -0.2) is 4.98 Å². The van der Waals surface area contributed by atoms with E-state index in [9.17, 15) is 0 Å². The summed E-state index contributed by atoms with van der Waals surface area (Å²) in [6.07, 6.45) is 5.49. The van der Waals surface area contributed by atoms with Gasteiger partial charge in [-0.05, 0) is 54.0 Å². The van der Waals surface area contributed by atoms with Crippen molar-refractivity contribution in [2.24, 2.45) is 0 Å². The van der Waals surface area contributed by atoms with Gasteiger partial charge in [-0.3, -0.25) is 4.57 Å². The van der Waals surface area contributed by atoms with Gasteiger partial charge < -0.3 is 4.57 Å². The average molecular weight is 642 g/mol. The lowest BCUT2D eigenvalue weighted by Gasteiger charge is -2.20. The van der Waals surface area contributed by atoms with Crippen molar-refractivity contribution in [2.45, 2.75) is 12.3 Å². The number of allylic oxidation sites excluding steroid dienone is 1. The Bertz CT molecular complexity index is 2630. The van der Waals surface area contributed by atoms with Crippen molar-refractivity contribution in [1.82, 2.24) is 24.1 Å². The predicted octanol–water partition coefficient (Wildman–Crippen LogP) is 10.6. The fraction of sp³-hybridized carbons (Fsp3) is 0.0444. The van der Waals surface area contributed by atoms with Crippen LogP contribution in [0, 0.1) is 0 Å². The Hall–Kier alpha value is -6.59. The first-order valence-corrected chi connectivity index (χ1v) is 17.1. The van der Waals surface area contributed by atoms with Crippen LogP contribution < -0.4 is 0 Å². The molecule has 9 aromatic rings. The molecule has 0 spiro atoms. The fourth-order valence-corrected chi connectivity index (χ4v) is 7.65. The second-order valence-electron chi connectivity index (χ2n) is 12.9. The van der Waals surface area contributed by atoms with Gasteiger partial charge in [-0.15, -0.1) is 0 Å². The van der Waals surface area contributed by atoms with E-state index in [2.05, 4.69) is 143 Å². The average Bonchev–Trinajstić information content (AvgIpc) is 3.71. The van der Waals surface area contributed by atoms with Crippen LogP contribution in [0.3, 0.4) is 0 Å². The molecule has 1 aliphatic rings. The summed E-state index contributed by atoms with van der Waals surface area (Å²) in [5.41, 5.74) is 10.3. The Morgan fingerprint density at radius 2 is 1.02 bits per heavy atom. The summed E-state index contributed by atoms with van der Waals surface area (Å²) in [4.78, 5) is 15.1. The zero-order valence-corrected chi connectivity index (χ0v) is 27.2. The first-order valence-electron chi connectivity index (χ1n) is 17.1. The van der Waals surface area contributed by atoms with E-state index in [-0.39, 0.29) is 5.92 Å². The lowest BCUT2D eigenvalue weighted by molar-refractivity contribution is 0.817. The van der Waals surface area contributed by atoms with Crippen LogP contribution in [0.5, 0.6) is 0 Å². The summed E-state index contributed by atoms with van der Waals surface area (Å²) >= 11 is 0. The highest BCUT2D eigenvalue weighted by Gasteiger charge is 2.26. The van der Waals surface area contributed by atoms with Crippen molar-refractivity contribution in [3.05, 3.63) is 181 Å². The first kappa shape index (κ1) is 28.4. The molecule has 0 radical (unpaired) electrons. The number of benzene rings is 6. The molecular weight excluding hydrogens is 611 g/mol. The number of hydrogen-bond donors (Lipinski definition) is 0. The third-order valence-corrected chi connectivity index (χ3v) is 9.95. The number of rotatable bonds is 5. The molecule has 6 aromatic carbocycles. The van der Waals surface area contributed by atoms with Gasteiger partial charge in [0.25, 0.3) is 0 Å². The van der Waals surface area contributed by atoms with Crippen LogP contribution in [0.4, 0.5) is 0 Å². The molecule has 1 atom stereocenters. The Balaban J connectivity index is 1.10. The Kier molecular flexibility index (Phi) is 6.56. The van der Waals surface area contributed by atoms with E-state index in [1.807, 2.05) is 36.4 Å². The number of hydrogen-bond acceptors (Lipinski definition) is 3. The fourth-order valence-electron chi connectivity index (χ4n) is 7.65. The van der Waals surface area contributed by atoms with Crippen LogP contribution in [-0.2, 0) is 6.42 Å². The maximum absolute atomic E-state index is 5.10. The molecule has 0 saturated carbocycles. The third kappa shape index (κ3) is 4.59. The quantitative estimate of drug-likeness (QED) is 0.188. The summed E-state index contributed by atoms with van der Waals surface area (Å²) < 4.78 is 4.61. The predicted molar refractivity (Wildman–Crippen MR) is 204 cm³/mol. The van der Waals surface area contributed by atoms with E-state index in [0.717, 1.165) is 28.8 Å². The molecule has 0 saturated heterocycles. The van der Waals surface area contributed by atoms with Crippen molar-refractivity contribution in [1.29, 1.82) is 0 Å². The van der Waals surface area contributed by atoms with Gasteiger partial charge in [0.2, 0.25) is 5.95 Å². The van der Waals surface area contributed by atoms with E-state index in [0.29, 0.717) is 17.6 Å². The van der Waals surface area contributed by atoms with Crippen LogP contribution in [-0.4, -0.2) is 24.1 Å². The molecule has 0 bridgehead atoms. The maximum atomic E-state index is 5.10. The first-order chi connectivity index (χ1) is 24.8. The van der Waals surface area contributed by atoms with Crippen molar-refractivity contribution in [2.75, 3.05) is 0 Å². The maximum Gasteiger partial charge on any atom is 0.238 e. The van der Waals surface area contributed by atoms with Crippen molar-refractivity contribution >= 4 is 38.8 Å². The smallest absolute Gasteiger partial charge is 0.238 e.